The molecule has 0 atom stereocenters. The molecule has 1 aliphatic rings. The molecule has 2 aromatic rings. The van der Waals surface area contributed by atoms with Crippen LogP contribution in [0.2, 0.25) is 0 Å². The van der Waals surface area contributed by atoms with Crippen LogP contribution >= 0.6 is 0 Å². The van der Waals surface area contributed by atoms with Crippen molar-refractivity contribution in [3.63, 3.8) is 0 Å². The van der Waals surface area contributed by atoms with Gasteiger partial charge >= 0.3 is 6.18 Å². The molecule has 5 nitrogen and oxygen atoms in total. The summed E-state index contributed by atoms with van der Waals surface area (Å²) in [5.74, 6) is -0.756. The third kappa shape index (κ3) is 4.12. The van der Waals surface area contributed by atoms with E-state index < -0.39 is 12.0 Å². The van der Waals surface area contributed by atoms with Crippen molar-refractivity contribution in [2.24, 2.45) is 7.05 Å². The van der Waals surface area contributed by atoms with Gasteiger partial charge < -0.3 is 4.57 Å². The fourth-order valence-corrected chi connectivity index (χ4v) is 3.27. The lowest BCUT2D eigenvalue weighted by atomic mass is 9.90. The monoisotopic (exact) mass is 366 g/mol. The number of halogens is 3. The van der Waals surface area contributed by atoms with Gasteiger partial charge in [-0.1, -0.05) is 0 Å². The van der Waals surface area contributed by atoms with Crippen LogP contribution in [-0.2, 0) is 19.8 Å². The van der Waals surface area contributed by atoms with Crippen molar-refractivity contribution in [3.8, 4) is 0 Å². The fourth-order valence-electron chi connectivity index (χ4n) is 3.27. The van der Waals surface area contributed by atoms with Crippen LogP contribution in [0.5, 0.6) is 0 Å². The number of aryl methyl sites for hydroxylation is 2. The maximum absolute atomic E-state index is 12.7. The summed E-state index contributed by atoms with van der Waals surface area (Å²) in [5, 5.41) is 0. The van der Waals surface area contributed by atoms with Crippen LogP contribution in [0.3, 0.4) is 0 Å². The minimum Gasteiger partial charge on any atom is -0.319 e. The van der Waals surface area contributed by atoms with Gasteiger partial charge in [0, 0.05) is 43.3 Å². The Kier molecular flexibility index (Phi) is 5.13. The summed E-state index contributed by atoms with van der Waals surface area (Å²) in [4.78, 5) is 21.0. The van der Waals surface area contributed by atoms with Gasteiger partial charge in [-0.25, -0.2) is 9.97 Å². The molecule has 0 N–H and O–H groups in total. The van der Waals surface area contributed by atoms with Crippen LogP contribution in [0.4, 0.5) is 13.2 Å². The quantitative estimate of drug-likeness (QED) is 0.838. The molecule has 0 aromatic carbocycles. The van der Waals surface area contributed by atoms with Gasteiger partial charge in [-0.15, -0.1) is 0 Å². The first kappa shape index (κ1) is 18.6. The topological polar surface area (TPSA) is 51.0 Å². The molecule has 1 saturated heterocycles. The molecule has 0 bridgehead atoms. The summed E-state index contributed by atoms with van der Waals surface area (Å²) >= 11 is 0. The van der Waals surface area contributed by atoms with Crippen molar-refractivity contribution in [2.75, 3.05) is 13.1 Å². The Balaban J connectivity index is 1.62. The SMILES string of the molecule is Cc1nc(C(F)(F)F)ncc1CN1CCC(c2ccn(C)c(=O)c2)CC1. The van der Waals surface area contributed by atoms with E-state index in [1.807, 2.05) is 6.07 Å². The summed E-state index contributed by atoms with van der Waals surface area (Å²) < 4.78 is 39.5. The minimum absolute atomic E-state index is 0.0116. The van der Waals surface area contributed by atoms with Gasteiger partial charge in [-0.2, -0.15) is 13.2 Å². The lowest BCUT2D eigenvalue weighted by molar-refractivity contribution is -0.145. The molecule has 2 aromatic heterocycles. The summed E-state index contributed by atoms with van der Waals surface area (Å²) in [6, 6.07) is 3.67. The van der Waals surface area contributed by atoms with E-state index in [0.29, 0.717) is 23.7 Å². The molecule has 26 heavy (non-hydrogen) atoms. The normalized spacial score (nSPS) is 16.8. The van der Waals surface area contributed by atoms with Gasteiger partial charge in [0.15, 0.2) is 0 Å². The molecule has 3 heterocycles. The summed E-state index contributed by atoms with van der Waals surface area (Å²) in [6.07, 6.45) is 0.362. The van der Waals surface area contributed by atoms with Gasteiger partial charge in [0.25, 0.3) is 5.56 Å². The average Bonchev–Trinajstić information content (AvgIpc) is 2.59. The lowest BCUT2D eigenvalue weighted by Crippen LogP contribution is -2.33. The number of likely N-dealkylation sites (tertiary alicyclic amines) is 1. The van der Waals surface area contributed by atoms with E-state index in [0.717, 1.165) is 31.5 Å². The van der Waals surface area contributed by atoms with Crippen molar-refractivity contribution in [1.29, 1.82) is 0 Å². The average molecular weight is 366 g/mol. The largest absolute Gasteiger partial charge is 0.451 e. The highest BCUT2D eigenvalue weighted by molar-refractivity contribution is 5.19. The molecule has 0 saturated carbocycles. The lowest BCUT2D eigenvalue weighted by Gasteiger charge is -2.32. The Labute approximate surface area is 149 Å². The molecule has 0 amide bonds. The number of pyridine rings is 1. The molecule has 1 fully saturated rings. The number of aromatic nitrogens is 3. The number of hydrogen-bond donors (Lipinski definition) is 0. The Hall–Kier alpha value is -2.22. The molecule has 0 radical (unpaired) electrons. The van der Waals surface area contributed by atoms with Gasteiger partial charge in [-0.05, 0) is 50.4 Å². The zero-order chi connectivity index (χ0) is 18.9. The molecule has 0 unspecified atom stereocenters. The van der Waals surface area contributed by atoms with Gasteiger partial charge in [-0.3, -0.25) is 9.69 Å². The molecule has 0 aliphatic carbocycles. The van der Waals surface area contributed by atoms with E-state index >= 15 is 0 Å². The fraction of sp³-hybridized carbons (Fsp3) is 0.500. The van der Waals surface area contributed by atoms with Crippen LogP contribution in [0, 0.1) is 6.92 Å². The Bertz CT molecular complexity index is 839. The maximum Gasteiger partial charge on any atom is 0.451 e. The van der Waals surface area contributed by atoms with E-state index in [2.05, 4.69) is 14.9 Å². The summed E-state index contributed by atoms with van der Waals surface area (Å²) in [5.41, 5.74) is 2.12. The van der Waals surface area contributed by atoms with Crippen molar-refractivity contribution in [2.45, 2.75) is 38.4 Å². The van der Waals surface area contributed by atoms with Crippen molar-refractivity contribution >= 4 is 0 Å². The molecule has 8 heteroatoms. The molecular weight excluding hydrogens is 345 g/mol. The Morgan fingerprint density at radius 3 is 2.54 bits per heavy atom. The summed E-state index contributed by atoms with van der Waals surface area (Å²) in [7, 11) is 1.73. The van der Waals surface area contributed by atoms with Crippen LogP contribution < -0.4 is 5.56 Å². The third-order valence-corrected chi connectivity index (χ3v) is 4.92. The zero-order valence-corrected chi connectivity index (χ0v) is 14.8. The smallest absolute Gasteiger partial charge is 0.319 e. The highest BCUT2D eigenvalue weighted by Gasteiger charge is 2.35. The number of alkyl halides is 3. The van der Waals surface area contributed by atoms with E-state index in [1.165, 1.54) is 6.20 Å². The first-order chi connectivity index (χ1) is 12.2. The number of hydrogen-bond acceptors (Lipinski definition) is 4. The predicted molar refractivity (Wildman–Crippen MR) is 90.7 cm³/mol. The van der Waals surface area contributed by atoms with Crippen LogP contribution in [0.25, 0.3) is 0 Å². The Morgan fingerprint density at radius 1 is 1.27 bits per heavy atom. The third-order valence-electron chi connectivity index (χ3n) is 4.92. The van der Waals surface area contributed by atoms with Gasteiger partial charge in [0.05, 0.1) is 0 Å². The first-order valence-corrected chi connectivity index (χ1v) is 8.52. The van der Waals surface area contributed by atoms with Crippen molar-refractivity contribution < 1.29 is 13.2 Å². The predicted octanol–water partition coefficient (Wildman–Crippen LogP) is 2.88. The van der Waals surface area contributed by atoms with Crippen LogP contribution in [0.15, 0.2) is 29.3 Å². The number of rotatable bonds is 3. The van der Waals surface area contributed by atoms with Crippen molar-refractivity contribution in [3.05, 3.63) is 57.5 Å². The molecule has 140 valence electrons. The second kappa shape index (κ2) is 7.19. The number of nitrogens with zero attached hydrogens (tertiary/aromatic N) is 4. The van der Waals surface area contributed by atoms with Crippen molar-refractivity contribution in [1.82, 2.24) is 19.4 Å². The van der Waals surface area contributed by atoms with Crippen LogP contribution in [-0.4, -0.2) is 32.5 Å². The van der Waals surface area contributed by atoms with E-state index in [-0.39, 0.29) is 5.56 Å². The Morgan fingerprint density at radius 2 is 1.96 bits per heavy atom. The molecule has 3 rings (SSSR count). The summed E-state index contributed by atoms with van der Waals surface area (Å²) in [6.45, 7) is 3.76. The second-order valence-electron chi connectivity index (χ2n) is 6.76. The van der Waals surface area contributed by atoms with E-state index in [9.17, 15) is 18.0 Å². The maximum atomic E-state index is 12.7. The molecule has 0 spiro atoms. The highest BCUT2D eigenvalue weighted by atomic mass is 19.4. The minimum atomic E-state index is -4.52. The standard InChI is InChI=1S/C18H21F3N4O/c1-12-15(10-22-17(23-12)18(19,20)21)11-25-7-4-13(5-8-25)14-3-6-24(2)16(26)9-14/h3,6,9-10,13H,4-5,7-8,11H2,1-2H3. The molecule has 1 aliphatic heterocycles. The number of piperidine rings is 1. The van der Waals surface area contributed by atoms with Crippen LogP contribution in [0.1, 0.15) is 41.4 Å². The first-order valence-electron chi connectivity index (χ1n) is 8.52. The van der Waals surface area contributed by atoms with Gasteiger partial charge in [0.2, 0.25) is 5.82 Å². The van der Waals surface area contributed by atoms with E-state index in [4.69, 9.17) is 0 Å². The highest BCUT2D eigenvalue weighted by Crippen LogP contribution is 2.29. The second-order valence-corrected chi connectivity index (χ2v) is 6.76. The molecular formula is C18H21F3N4O. The van der Waals surface area contributed by atoms with Gasteiger partial charge in [0.1, 0.15) is 0 Å². The zero-order valence-electron chi connectivity index (χ0n) is 14.8. The van der Waals surface area contributed by atoms with E-state index in [1.54, 1.807) is 30.8 Å².